The molecule has 0 bridgehead atoms. The molecule has 1 heterocycles. The number of aliphatic hydroxyl groups is 3. The van der Waals surface area contributed by atoms with Gasteiger partial charge in [0.1, 0.15) is 24.1 Å². The molecule has 2 rings (SSSR count). The third kappa shape index (κ3) is 6.35. The van der Waals surface area contributed by atoms with Gasteiger partial charge < -0.3 is 25.4 Å². The molecule has 0 saturated carbocycles. The molecule has 0 aromatic heterocycles. The number of carbonyl (C=O) groups is 2. The molecule has 0 aliphatic carbocycles. The third-order valence-corrected chi connectivity index (χ3v) is 6.25. The Morgan fingerprint density at radius 3 is 2.50 bits per heavy atom. The summed E-state index contributed by atoms with van der Waals surface area (Å²) in [5, 5.41) is 31.8. The van der Waals surface area contributed by atoms with Gasteiger partial charge in [-0.05, 0) is 24.3 Å². The summed E-state index contributed by atoms with van der Waals surface area (Å²) >= 11 is 0. The molecule has 30 heavy (non-hydrogen) atoms. The molecule has 1 saturated heterocycles. The highest BCUT2D eigenvalue weighted by Crippen LogP contribution is 2.36. The molecular weight excluding hydrogens is 386 g/mol. The zero-order valence-corrected chi connectivity index (χ0v) is 18.1. The number of ether oxygens (including phenoxy) is 1. The molecule has 168 valence electrons. The lowest BCUT2D eigenvalue weighted by molar-refractivity contribution is -0.189. The number of nitrogens with one attached hydrogen (secondary N) is 1. The molecule has 1 aliphatic heterocycles. The third-order valence-electron chi connectivity index (χ3n) is 6.25. The Labute approximate surface area is 178 Å². The van der Waals surface area contributed by atoms with E-state index in [9.17, 15) is 24.9 Å². The summed E-state index contributed by atoms with van der Waals surface area (Å²) in [5.41, 5.74) is 0.736. The lowest BCUT2D eigenvalue weighted by atomic mass is 9.73. The van der Waals surface area contributed by atoms with Gasteiger partial charge in [-0.25, -0.2) is 0 Å². The SMILES string of the molecule is CCC(C)(CC(C)c1ccccc1)C(=O)CCNC(=O)CC1OCC(O)C(O)C1O. The number of hydrogen-bond donors (Lipinski definition) is 4. The maximum absolute atomic E-state index is 12.9. The van der Waals surface area contributed by atoms with Crippen molar-refractivity contribution in [1.29, 1.82) is 0 Å². The van der Waals surface area contributed by atoms with E-state index in [0.29, 0.717) is 0 Å². The van der Waals surface area contributed by atoms with Crippen molar-refractivity contribution in [3.05, 3.63) is 35.9 Å². The number of aliphatic hydroxyl groups excluding tert-OH is 3. The van der Waals surface area contributed by atoms with Crippen LogP contribution < -0.4 is 5.32 Å². The fourth-order valence-electron chi connectivity index (χ4n) is 3.95. The molecule has 7 nitrogen and oxygen atoms in total. The Bertz CT molecular complexity index is 696. The van der Waals surface area contributed by atoms with Crippen molar-refractivity contribution in [3.63, 3.8) is 0 Å². The fraction of sp³-hybridized carbons (Fsp3) is 0.652. The van der Waals surface area contributed by atoms with Gasteiger partial charge in [0.15, 0.2) is 0 Å². The topological polar surface area (TPSA) is 116 Å². The van der Waals surface area contributed by atoms with Crippen LogP contribution in [0.1, 0.15) is 57.9 Å². The summed E-state index contributed by atoms with van der Waals surface area (Å²) in [6.07, 6.45) is -3.17. The summed E-state index contributed by atoms with van der Waals surface area (Å²) < 4.78 is 5.24. The van der Waals surface area contributed by atoms with Gasteiger partial charge in [-0.1, -0.05) is 51.1 Å². The Kier molecular flexibility index (Phi) is 8.97. The van der Waals surface area contributed by atoms with Crippen LogP contribution in [-0.2, 0) is 14.3 Å². The van der Waals surface area contributed by atoms with E-state index in [2.05, 4.69) is 24.4 Å². The van der Waals surface area contributed by atoms with Crippen LogP contribution in [0.5, 0.6) is 0 Å². The molecule has 0 spiro atoms. The van der Waals surface area contributed by atoms with Crippen molar-refractivity contribution in [2.75, 3.05) is 13.2 Å². The highest BCUT2D eigenvalue weighted by Gasteiger charge is 2.38. The molecule has 1 amide bonds. The molecule has 7 heteroatoms. The van der Waals surface area contributed by atoms with Gasteiger partial charge in [-0.3, -0.25) is 9.59 Å². The highest BCUT2D eigenvalue weighted by atomic mass is 16.5. The minimum absolute atomic E-state index is 0.112. The van der Waals surface area contributed by atoms with Gasteiger partial charge in [0.05, 0.1) is 19.1 Å². The van der Waals surface area contributed by atoms with Gasteiger partial charge >= 0.3 is 0 Å². The zero-order chi connectivity index (χ0) is 22.3. The van der Waals surface area contributed by atoms with Crippen LogP contribution in [0.15, 0.2) is 30.3 Å². The molecule has 1 aromatic carbocycles. The van der Waals surface area contributed by atoms with Crippen molar-refractivity contribution in [2.45, 2.75) is 76.8 Å². The first-order chi connectivity index (χ1) is 14.2. The van der Waals surface area contributed by atoms with E-state index in [1.54, 1.807) is 0 Å². The lowest BCUT2D eigenvalue weighted by Gasteiger charge is -2.35. The monoisotopic (exact) mass is 421 g/mol. The summed E-state index contributed by atoms with van der Waals surface area (Å²) in [6.45, 7) is 6.19. The highest BCUT2D eigenvalue weighted by molar-refractivity contribution is 5.85. The van der Waals surface area contributed by atoms with Crippen LogP contribution in [0.25, 0.3) is 0 Å². The first-order valence-electron chi connectivity index (χ1n) is 10.7. The van der Waals surface area contributed by atoms with Crippen LogP contribution in [0.2, 0.25) is 0 Å². The smallest absolute Gasteiger partial charge is 0.222 e. The molecule has 6 atom stereocenters. The Morgan fingerprint density at radius 1 is 1.20 bits per heavy atom. The van der Waals surface area contributed by atoms with E-state index >= 15 is 0 Å². The van der Waals surface area contributed by atoms with Gasteiger partial charge in [-0.15, -0.1) is 0 Å². The lowest BCUT2D eigenvalue weighted by Crippen LogP contribution is -2.53. The van der Waals surface area contributed by atoms with Crippen LogP contribution in [0, 0.1) is 5.41 Å². The maximum Gasteiger partial charge on any atom is 0.222 e. The molecule has 0 radical (unpaired) electrons. The van der Waals surface area contributed by atoms with Crippen molar-refractivity contribution in [2.24, 2.45) is 5.41 Å². The second-order valence-electron chi connectivity index (χ2n) is 8.58. The second-order valence-corrected chi connectivity index (χ2v) is 8.58. The van der Waals surface area contributed by atoms with Crippen LogP contribution in [-0.4, -0.2) is 64.6 Å². The average Bonchev–Trinajstić information content (AvgIpc) is 2.74. The van der Waals surface area contributed by atoms with Gasteiger partial charge in [0.2, 0.25) is 5.91 Å². The molecule has 1 aromatic rings. The molecule has 4 N–H and O–H groups in total. The van der Waals surface area contributed by atoms with E-state index in [-0.39, 0.29) is 43.6 Å². The van der Waals surface area contributed by atoms with E-state index in [1.165, 1.54) is 5.56 Å². The number of ketones is 1. The molecular formula is C23H35NO6. The Hall–Kier alpha value is -1.80. The fourth-order valence-corrected chi connectivity index (χ4v) is 3.95. The maximum atomic E-state index is 12.9. The number of Topliss-reactive ketones (excluding diaryl/α,β-unsaturated/α-hetero) is 1. The Morgan fingerprint density at radius 2 is 1.87 bits per heavy atom. The number of benzene rings is 1. The van der Waals surface area contributed by atoms with Crippen molar-refractivity contribution < 1.29 is 29.6 Å². The van der Waals surface area contributed by atoms with E-state index in [0.717, 1.165) is 12.8 Å². The normalized spacial score (nSPS) is 27.1. The van der Waals surface area contributed by atoms with Crippen LogP contribution >= 0.6 is 0 Å². The molecule has 1 fully saturated rings. The summed E-state index contributed by atoms with van der Waals surface area (Å²) in [4.78, 5) is 25.0. The van der Waals surface area contributed by atoms with E-state index in [1.807, 2.05) is 32.0 Å². The minimum atomic E-state index is -1.34. The van der Waals surface area contributed by atoms with Crippen molar-refractivity contribution >= 4 is 11.7 Å². The largest absolute Gasteiger partial charge is 0.388 e. The number of rotatable bonds is 10. The number of carbonyl (C=O) groups excluding carboxylic acids is 2. The van der Waals surface area contributed by atoms with E-state index < -0.39 is 29.8 Å². The average molecular weight is 422 g/mol. The summed E-state index contributed by atoms with van der Waals surface area (Å²) in [6, 6.07) is 10.1. The van der Waals surface area contributed by atoms with Crippen LogP contribution in [0.3, 0.4) is 0 Å². The standard InChI is InChI=1S/C23H35NO6/c1-4-23(3,13-15(2)16-8-6-5-7-9-16)19(26)10-11-24-20(27)12-18-22(29)21(28)17(25)14-30-18/h5-9,15,17-18,21-22,25,28-29H,4,10-14H2,1-3H3,(H,24,27). The predicted octanol–water partition coefficient (Wildman–Crippen LogP) is 1.54. The van der Waals surface area contributed by atoms with Crippen molar-refractivity contribution in [1.82, 2.24) is 5.32 Å². The first kappa shape index (κ1) is 24.5. The van der Waals surface area contributed by atoms with Crippen LogP contribution in [0.4, 0.5) is 0 Å². The molecule has 6 unspecified atom stereocenters. The number of hydrogen-bond acceptors (Lipinski definition) is 6. The van der Waals surface area contributed by atoms with E-state index in [4.69, 9.17) is 4.74 Å². The van der Waals surface area contributed by atoms with Crippen molar-refractivity contribution in [3.8, 4) is 0 Å². The zero-order valence-electron chi connectivity index (χ0n) is 18.1. The summed E-state index contributed by atoms with van der Waals surface area (Å²) in [5.74, 6) is -0.00622. The Balaban J connectivity index is 1.81. The van der Waals surface area contributed by atoms with Gasteiger partial charge in [-0.2, -0.15) is 0 Å². The molecule has 1 aliphatic rings. The summed E-state index contributed by atoms with van der Waals surface area (Å²) in [7, 11) is 0. The predicted molar refractivity (Wildman–Crippen MR) is 113 cm³/mol. The quantitative estimate of drug-likeness (QED) is 0.455. The first-order valence-corrected chi connectivity index (χ1v) is 10.7. The van der Waals surface area contributed by atoms with Gasteiger partial charge in [0, 0.05) is 18.4 Å². The second kappa shape index (κ2) is 11.0. The number of amides is 1. The van der Waals surface area contributed by atoms with Gasteiger partial charge in [0.25, 0.3) is 0 Å². The minimum Gasteiger partial charge on any atom is -0.388 e.